The second kappa shape index (κ2) is 29.6. The molecule has 0 radical (unpaired) electrons. The molecule has 10 N–H and O–H groups in total. The number of rotatable bonds is 15. The van der Waals surface area contributed by atoms with Crippen LogP contribution in [0.1, 0.15) is 139 Å². The third-order valence-corrected chi connectivity index (χ3v) is 17.0. The first-order valence-electron chi connectivity index (χ1n) is 28.5. The molecule has 0 aromatic carbocycles. The maximum Gasteiger partial charge on any atom is 0.325 e. The minimum absolute atomic E-state index is 0.0230. The number of cyclic esters (lactones) is 1. The van der Waals surface area contributed by atoms with Crippen molar-refractivity contribution in [2.24, 2.45) is 47.3 Å². The van der Waals surface area contributed by atoms with Crippen LogP contribution in [-0.2, 0) is 39.9 Å². The zero-order valence-electron chi connectivity index (χ0n) is 47.6. The third kappa shape index (κ3) is 16.8. The van der Waals surface area contributed by atoms with Crippen molar-refractivity contribution in [3.63, 3.8) is 0 Å². The number of carbonyl (C=O) groups excluding carboxylic acids is 5. The highest BCUT2D eigenvalue weighted by Crippen LogP contribution is 2.46. The number of H-pyrrole nitrogens is 1. The summed E-state index contributed by atoms with van der Waals surface area (Å²) in [7, 11) is 0. The minimum Gasteiger partial charge on any atom is -0.456 e. The Labute approximate surface area is 461 Å². The molecule has 0 saturated carbocycles. The number of carbonyl (C=O) groups is 5. The lowest BCUT2D eigenvalue weighted by molar-refractivity contribution is -0.267. The number of hydrogen-bond donors (Lipinski definition) is 10. The van der Waals surface area contributed by atoms with Crippen LogP contribution in [0, 0.1) is 47.3 Å². The zero-order valence-corrected chi connectivity index (χ0v) is 47.6. The van der Waals surface area contributed by atoms with E-state index in [0.29, 0.717) is 49.8 Å². The highest BCUT2D eigenvalue weighted by molar-refractivity contribution is 5.84. The maximum atomic E-state index is 14.5. The molecule has 19 heteroatoms. The lowest BCUT2D eigenvalue weighted by Crippen LogP contribution is -2.71. The molecule has 19 nitrogen and oxygen atoms in total. The number of nitrogens with one attached hydrogen (secondary N) is 5. The van der Waals surface area contributed by atoms with Crippen LogP contribution in [-0.4, -0.2) is 138 Å². The number of Topliss-reactive ketones (excluding diaryl/α,β-unsaturated/α-hetero) is 1. The number of hydrazine groups is 1. The molecule has 3 amide bonds. The summed E-state index contributed by atoms with van der Waals surface area (Å²) in [6.07, 6.45) is 9.13. The van der Waals surface area contributed by atoms with Crippen LogP contribution < -0.4 is 26.9 Å². The van der Waals surface area contributed by atoms with Gasteiger partial charge in [-0.1, -0.05) is 104 Å². The van der Waals surface area contributed by atoms with E-state index in [2.05, 4.69) is 33.3 Å². The normalized spacial score (nSPS) is 36.0. The molecular formula is C59H92N6O13. The molecule has 18 atom stereocenters. The third-order valence-electron chi connectivity index (χ3n) is 17.0. The summed E-state index contributed by atoms with van der Waals surface area (Å²) < 4.78 is 12.9. The molecular weight excluding hydrogens is 1000 g/mol. The number of pyridine rings is 1. The average Bonchev–Trinajstić information content (AvgIpc) is 3.51. The number of aromatic nitrogens is 1. The van der Waals surface area contributed by atoms with Gasteiger partial charge in [0.25, 0.3) is 5.91 Å². The maximum absolute atomic E-state index is 14.5. The molecule has 1 aromatic heterocycles. The number of allylic oxidation sites excluding steroid dienone is 5. The molecule has 4 aliphatic heterocycles. The van der Waals surface area contributed by atoms with E-state index in [0.717, 1.165) is 6.42 Å². The van der Waals surface area contributed by atoms with Crippen LogP contribution in [0.4, 0.5) is 0 Å². The fourth-order valence-electron chi connectivity index (χ4n) is 11.4. The molecule has 1 spiro atoms. The summed E-state index contributed by atoms with van der Waals surface area (Å²) in [6.45, 7) is 18.4. The Morgan fingerprint density at radius 2 is 1.69 bits per heavy atom. The minimum atomic E-state index is -1.55. The van der Waals surface area contributed by atoms with Gasteiger partial charge in [-0.05, 0) is 82.3 Å². The number of ketones is 1. The number of aliphatic hydroxyl groups is 5. The van der Waals surface area contributed by atoms with E-state index in [4.69, 9.17) is 9.47 Å². The van der Waals surface area contributed by atoms with E-state index in [9.17, 15) is 54.3 Å². The van der Waals surface area contributed by atoms with Crippen molar-refractivity contribution in [3.05, 3.63) is 82.4 Å². The number of nitrogens with zero attached hydrogens (tertiary/aromatic N) is 1. The number of aromatic amines is 1. The first-order valence-corrected chi connectivity index (χ1v) is 28.5. The van der Waals surface area contributed by atoms with Gasteiger partial charge in [-0.15, -0.1) is 0 Å². The van der Waals surface area contributed by atoms with Gasteiger partial charge in [0.2, 0.25) is 17.4 Å². The van der Waals surface area contributed by atoms with E-state index < -0.39 is 108 Å². The molecule has 436 valence electrons. The van der Waals surface area contributed by atoms with Crippen molar-refractivity contribution >= 4 is 29.5 Å². The summed E-state index contributed by atoms with van der Waals surface area (Å²) >= 11 is 0. The van der Waals surface area contributed by atoms with E-state index in [-0.39, 0.29) is 73.5 Å². The number of aliphatic hydroxyl groups excluding tert-OH is 5. The van der Waals surface area contributed by atoms with Crippen molar-refractivity contribution in [3.8, 4) is 0 Å². The van der Waals surface area contributed by atoms with Crippen LogP contribution >= 0.6 is 0 Å². The SMILES string of the molecule is CC[C@H]1C[C@H](C)[C@@]2(NC1=O)O[C@@H](C[C@H](O)[C@@H](C)CC/C=C/C=C(\C)[C@@H]1C/C=C/C=C/[C@H](O)[C@H](C)[C@@H](O)[C@@H](CCC(C)=O)C(=O)N[C@@H](C(C)C)C(O)N[C@@H](Cc3cccc(=O)[nH]3)C(=O)N3CCCC(N3)C(=O)O1)[C@H](C)[C@H](O)[C@@H]2C. The van der Waals surface area contributed by atoms with E-state index in [1.165, 1.54) is 30.1 Å². The second-order valence-electron chi connectivity index (χ2n) is 23.2. The van der Waals surface area contributed by atoms with Gasteiger partial charge in [0, 0.05) is 73.6 Å². The predicted molar refractivity (Wildman–Crippen MR) is 295 cm³/mol. The van der Waals surface area contributed by atoms with E-state index >= 15 is 0 Å². The van der Waals surface area contributed by atoms with Gasteiger partial charge in [-0.25, -0.2) is 5.43 Å². The van der Waals surface area contributed by atoms with Crippen molar-refractivity contribution in [2.45, 2.75) is 207 Å². The highest BCUT2D eigenvalue weighted by atomic mass is 16.5. The van der Waals surface area contributed by atoms with Crippen LogP contribution in [0.15, 0.2) is 71.1 Å². The monoisotopic (exact) mass is 1090 g/mol. The Morgan fingerprint density at radius 3 is 2.37 bits per heavy atom. The van der Waals surface area contributed by atoms with E-state index in [1.807, 2.05) is 52.8 Å². The van der Waals surface area contributed by atoms with Crippen LogP contribution in [0.5, 0.6) is 0 Å². The Morgan fingerprint density at radius 1 is 0.962 bits per heavy atom. The lowest BCUT2D eigenvalue weighted by atomic mass is 9.69. The Hall–Kier alpha value is -4.86. The van der Waals surface area contributed by atoms with Crippen molar-refractivity contribution in [2.75, 3.05) is 6.54 Å². The molecule has 5 rings (SSSR count). The number of esters is 1. The van der Waals surface area contributed by atoms with Gasteiger partial charge in [0.1, 0.15) is 29.9 Å². The van der Waals surface area contributed by atoms with Crippen LogP contribution in [0.25, 0.3) is 0 Å². The molecule has 4 aliphatic rings. The number of fused-ring (bicyclic) bond motifs is 2. The Kier molecular flexibility index (Phi) is 24.2. The molecule has 1 aromatic rings. The summed E-state index contributed by atoms with van der Waals surface area (Å²) in [5.74, 6) is -5.38. The Balaban J connectivity index is 1.35. The Bertz CT molecular complexity index is 2350. The summed E-state index contributed by atoms with van der Waals surface area (Å²) in [5, 5.41) is 67.8. The summed E-state index contributed by atoms with van der Waals surface area (Å²) in [5.41, 5.74) is 2.73. The average molecular weight is 1090 g/mol. The van der Waals surface area contributed by atoms with Gasteiger partial charge in [0.15, 0.2) is 0 Å². The van der Waals surface area contributed by atoms with Crippen molar-refractivity contribution in [1.82, 2.24) is 31.4 Å². The molecule has 2 unspecified atom stereocenters. The summed E-state index contributed by atoms with van der Waals surface area (Å²) in [4.78, 5) is 83.1. The predicted octanol–water partition coefficient (Wildman–Crippen LogP) is 4.18. The molecule has 78 heavy (non-hydrogen) atoms. The van der Waals surface area contributed by atoms with Crippen molar-refractivity contribution < 1.29 is 59.0 Å². The van der Waals surface area contributed by atoms with Crippen LogP contribution in [0.3, 0.4) is 0 Å². The number of ether oxygens (including phenoxy) is 2. The standard InChI is InChI=1S/C59H92N6O13/c1-11-41-30-36(6)59(63-54(41)72)40(10)52(70)39(9)49(78-59)32-47(68)34(4)20-14-12-15-21-35(5)48-25-17-13-16-24-46(67)38(8)53(71)43(28-27-37(7)66)55(73)62-51(33(2)3)56(74)61-45(31-42-22-18-26-50(69)60-42)57(75)65-29-19-23-44(64-65)58(76)77-48/h12-13,15-18,21-22,24,26,33-34,36,38-41,43-49,51-53,56,61,64,67-68,70-71,74H,11,14,19-20,23,25,27-32H2,1-10H3,(H,60,69)(H,62,73)(H,63,72)/b15-12+,17-13+,24-16+,35-21+/t34-,36-,38-,39-,40-,41-,43+,44?,45-,46-,47-,48-,49-,51-,52-,53+,56?,59+/m0/s1. The fourth-order valence-corrected chi connectivity index (χ4v) is 11.4. The summed E-state index contributed by atoms with van der Waals surface area (Å²) in [6, 6.07) is 1.36. The van der Waals surface area contributed by atoms with Gasteiger partial charge < -0.3 is 55.4 Å². The first kappa shape index (κ1) is 64.0. The largest absolute Gasteiger partial charge is 0.456 e. The fraction of sp³-hybridized carbons (Fsp3) is 0.695. The number of amides is 3. The zero-order chi connectivity index (χ0) is 57.6. The second-order valence-corrected chi connectivity index (χ2v) is 23.2. The molecule has 5 heterocycles. The highest BCUT2D eigenvalue weighted by Gasteiger charge is 2.57. The van der Waals surface area contributed by atoms with Crippen molar-refractivity contribution in [1.29, 1.82) is 0 Å². The number of piperidine rings is 1. The van der Waals surface area contributed by atoms with Gasteiger partial charge >= 0.3 is 5.97 Å². The van der Waals surface area contributed by atoms with Gasteiger partial charge in [-0.2, -0.15) is 0 Å². The van der Waals surface area contributed by atoms with E-state index in [1.54, 1.807) is 45.1 Å². The first-order chi connectivity index (χ1) is 36.9. The molecule has 3 fully saturated rings. The van der Waals surface area contributed by atoms with Crippen LogP contribution in [0.2, 0.25) is 0 Å². The molecule has 0 aliphatic carbocycles. The van der Waals surface area contributed by atoms with Gasteiger partial charge in [0.05, 0.1) is 48.5 Å². The smallest absolute Gasteiger partial charge is 0.325 e. The molecule has 3 saturated heterocycles. The number of hydrogen-bond acceptors (Lipinski definition) is 15. The van der Waals surface area contributed by atoms with Gasteiger partial charge in [-0.3, -0.25) is 34.3 Å². The molecule has 2 bridgehead atoms. The lowest BCUT2D eigenvalue weighted by Gasteiger charge is -2.56. The topological polar surface area (TPSA) is 289 Å². The quantitative estimate of drug-likeness (QED) is 0.0871.